The predicted molar refractivity (Wildman–Crippen MR) is 97.5 cm³/mol. The lowest BCUT2D eigenvalue weighted by Gasteiger charge is -2.08. The highest BCUT2D eigenvalue weighted by Crippen LogP contribution is 2.31. The molecule has 0 saturated carbocycles. The number of fused-ring (bicyclic) bond motifs is 1. The highest BCUT2D eigenvalue weighted by Gasteiger charge is 2.26. The molecule has 0 aromatic heterocycles. The molecule has 0 atom stereocenters. The van der Waals surface area contributed by atoms with Crippen LogP contribution in [0.15, 0.2) is 71.4 Å². The van der Waals surface area contributed by atoms with E-state index in [0.717, 1.165) is 16.3 Å². The second-order valence-corrected chi connectivity index (χ2v) is 5.72. The topological polar surface area (TPSA) is 47.9 Å². The van der Waals surface area contributed by atoms with Crippen LogP contribution in [0.5, 0.6) is 5.75 Å². The molecular formula is C21H14FNO3. The number of cyclic esters (lactones) is 1. The molecule has 128 valence electrons. The Kier molecular flexibility index (Phi) is 3.97. The normalized spacial score (nSPS) is 15.2. The molecule has 1 aliphatic heterocycles. The van der Waals surface area contributed by atoms with Crippen LogP contribution in [0.1, 0.15) is 11.1 Å². The van der Waals surface area contributed by atoms with Gasteiger partial charge in [-0.2, -0.15) is 0 Å². The van der Waals surface area contributed by atoms with Crippen molar-refractivity contribution in [2.75, 3.05) is 7.11 Å². The lowest BCUT2D eigenvalue weighted by Crippen LogP contribution is -2.07. The average Bonchev–Trinajstić information content (AvgIpc) is 3.02. The molecule has 4 nitrogen and oxygen atoms in total. The van der Waals surface area contributed by atoms with E-state index >= 15 is 0 Å². The van der Waals surface area contributed by atoms with Crippen molar-refractivity contribution < 1.29 is 18.7 Å². The molecule has 3 aromatic carbocycles. The van der Waals surface area contributed by atoms with Crippen LogP contribution in [-0.2, 0) is 9.53 Å². The van der Waals surface area contributed by atoms with Crippen molar-refractivity contribution in [3.8, 4) is 5.75 Å². The van der Waals surface area contributed by atoms with E-state index in [-0.39, 0.29) is 17.2 Å². The van der Waals surface area contributed by atoms with Crippen molar-refractivity contribution in [1.29, 1.82) is 0 Å². The summed E-state index contributed by atoms with van der Waals surface area (Å²) < 4.78 is 24.5. The number of carbonyl (C=O) groups is 1. The summed E-state index contributed by atoms with van der Waals surface area (Å²) in [5, 5.41) is 1.92. The number of esters is 1. The first kappa shape index (κ1) is 16.0. The number of methoxy groups -OCH3 is 1. The number of nitrogens with zero attached hydrogens (tertiary/aromatic N) is 1. The third-order valence-electron chi connectivity index (χ3n) is 4.16. The fourth-order valence-corrected chi connectivity index (χ4v) is 2.90. The molecule has 0 aliphatic carbocycles. The van der Waals surface area contributed by atoms with Crippen molar-refractivity contribution >= 4 is 28.7 Å². The highest BCUT2D eigenvalue weighted by molar-refractivity contribution is 6.13. The number of rotatable bonds is 3. The lowest BCUT2D eigenvalue weighted by molar-refractivity contribution is -0.129. The molecule has 0 fully saturated rings. The molecule has 0 unspecified atom stereocenters. The molecule has 5 heteroatoms. The van der Waals surface area contributed by atoms with Crippen molar-refractivity contribution in [3.05, 3.63) is 83.3 Å². The maximum Gasteiger partial charge on any atom is 0.363 e. The van der Waals surface area contributed by atoms with Gasteiger partial charge in [0.25, 0.3) is 0 Å². The van der Waals surface area contributed by atoms with Crippen LogP contribution >= 0.6 is 0 Å². The SMILES string of the molecule is COc1ccc2ccccc2c1/C=C1\N=C(c2ccccc2F)OC1=O. The van der Waals surface area contributed by atoms with Gasteiger partial charge in [0.05, 0.1) is 12.7 Å². The fourth-order valence-electron chi connectivity index (χ4n) is 2.90. The Balaban J connectivity index is 1.85. The number of halogens is 1. The van der Waals surface area contributed by atoms with Gasteiger partial charge in [0.1, 0.15) is 11.6 Å². The summed E-state index contributed by atoms with van der Waals surface area (Å²) in [7, 11) is 1.56. The van der Waals surface area contributed by atoms with Crippen molar-refractivity contribution in [2.24, 2.45) is 4.99 Å². The predicted octanol–water partition coefficient (Wildman–Crippen LogP) is 4.33. The van der Waals surface area contributed by atoms with Gasteiger partial charge in [0, 0.05) is 5.56 Å². The smallest absolute Gasteiger partial charge is 0.363 e. The third-order valence-corrected chi connectivity index (χ3v) is 4.16. The largest absolute Gasteiger partial charge is 0.496 e. The van der Waals surface area contributed by atoms with Crippen molar-refractivity contribution in [3.63, 3.8) is 0 Å². The van der Waals surface area contributed by atoms with Gasteiger partial charge in [-0.25, -0.2) is 14.2 Å². The number of aliphatic imine (C=N–C) groups is 1. The van der Waals surface area contributed by atoms with Crippen LogP contribution in [-0.4, -0.2) is 19.0 Å². The molecule has 0 bridgehead atoms. The maximum absolute atomic E-state index is 13.9. The first-order valence-electron chi connectivity index (χ1n) is 8.00. The summed E-state index contributed by atoms with van der Waals surface area (Å²) in [4.78, 5) is 16.4. The molecule has 0 N–H and O–H groups in total. The van der Waals surface area contributed by atoms with Crippen molar-refractivity contribution in [1.82, 2.24) is 0 Å². The van der Waals surface area contributed by atoms with Crippen LogP contribution in [0.3, 0.4) is 0 Å². The van der Waals surface area contributed by atoms with Gasteiger partial charge in [-0.05, 0) is 35.0 Å². The average molecular weight is 347 g/mol. The fraction of sp³-hybridized carbons (Fsp3) is 0.0476. The van der Waals surface area contributed by atoms with E-state index in [0.29, 0.717) is 5.75 Å². The Morgan fingerprint density at radius 1 is 1.04 bits per heavy atom. The summed E-state index contributed by atoms with van der Waals surface area (Å²) in [6.45, 7) is 0. The number of benzene rings is 3. The zero-order chi connectivity index (χ0) is 18.1. The second-order valence-electron chi connectivity index (χ2n) is 5.72. The summed E-state index contributed by atoms with van der Waals surface area (Å²) in [5.41, 5.74) is 0.961. The maximum atomic E-state index is 13.9. The summed E-state index contributed by atoms with van der Waals surface area (Å²) in [6, 6.07) is 17.6. The van der Waals surface area contributed by atoms with E-state index in [1.165, 1.54) is 12.1 Å². The summed E-state index contributed by atoms with van der Waals surface area (Å²) >= 11 is 0. The Morgan fingerprint density at radius 3 is 2.62 bits per heavy atom. The van der Waals surface area contributed by atoms with Crippen LogP contribution in [0.2, 0.25) is 0 Å². The van der Waals surface area contributed by atoms with Gasteiger partial charge in [-0.1, -0.05) is 42.5 Å². The van der Waals surface area contributed by atoms with Gasteiger partial charge >= 0.3 is 5.97 Å². The van der Waals surface area contributed by atoms with Crippen LogP contribution in [0, 0.1) is 5.82 Å². The summed E-state index contributed by atoms with van der Waals surface area (Å²) in [5.74, 6) is -0.557. The molecule has 0 radical (unpaired) electrons. The molecule has 1 heterocycles. The van der Waals surface area contributed by atoms with Gasteiger partial charge in [-0.15, -0.1) is 0 Å². The molecule has 4 rings (SSSR count). The van der Waals surface area contributed by atoms with E-state index in [1.54, 1.807) is 25.3 Å². The highest BCUT2D eigenvalue weighted by atomic mass is 19.1. The standard InChI is InChI=1S/C21H14FNO3/c1-25-19-11-10-13-6-2-3-7-14(13)16(19)12-18-21(24)26-20(23-18)15-8-4-5-9-17(15)22/h2-12H,1H3/b18-12-. The van der Waals surface area contributed by atoms with E-state index in [4.69, 9.17) is 9.47 Å². The Bertz CT molecular complexity index is 1090. The number of ether oxygens (including phenoxy) is 2. The van der Waals surface area contributed by atoms with E-state index < -0.39 is 11.8 Å². The van der Waals surface area contributed by atoms with Crippen molar-refractivity contribution in [2.45, 2.75) is 0 Å². The lowest BCUT2D eigenvalue weighted by atomic mass is 10.0. The molecule has 0 saturated heterocycles. The minimum Gasteiger partial charge on any atom is -0.496 e. The van der Waals surface area contributed by atoms with E-state index in [1.807, 2.05) is 36.4 Å². The molecule has 0 amide bonds. The van der Waals surface area contributed by atoms with Gasteiger partial charge in [0.2, 0.25) is 5.90 Å². The first-order valence-corrected chi connectivity index (χ1v) is 8.00. The molecular weight excluding hydrogens is 333 g/mol. The van der Waals surface area contributed by atoms with Crippen LogP contribution in [0.25, 0.3) is 16.8 Å². The van der Waals surface area contributed by atoms with Gasteiger partial charge in [0.15, 0.2) is 5.70 Å². The van der Waals surface area contributed by atoms with Crippen LogP contribution < -0.4 is 4.74 Å². The molecule has 1 aliphatic rings. The third kappa shape index (κ3) is 2.73. The Hall–Kier alpha value is -3.47. The number of hydrogen-bond donors (Lipinski definition) is 0. The Labute approximate surface area is 149 Å². The van der Waals surface area contributed by atoms with Crippen LogP contribution in [0.4, 0.5) is 4.39 Å². The Morgan fingerprint density at radius 2 is 1.81 bits per heavy atom. The zero-order valence-electron chi connectivity index (χ0n) is 13.9. The zero-order valence-corrected chi connectivity index (χ0v) is 13.9. The molecule has 26 heavy (non-hydrogen) atoms. The van der Waals surface area contributed by atoms with Gasteiger partial charge in [-0.3, -0.25) is 0 Å². The summed E-state index contributed by atoms with van der Waals surface area (Å²) in [6.07, 6.45) is 1.61. The number of carbonyl (C=O) groups excluding carboxylic acids is 1. The van der Waals surface area contributed by atoms with Gasteiger partial charge < -0.3 is 9.47 Å². The number of hydrogen-bond acceptors (Lipinski definition) is 4. The minimum atomic E-state index is -0.627. The second kappa shape index (κ2) is 6.44. The van der Waals surface area contributed by atoms with E-state index in [2.05, 4.69) is 4.99 Å². The molecule has 0 spiro atoms. The molecule has 3 aromatic rings. The quantitative estimate of drug-likeness (QED) is 0.523. The monoisotopic (exact) mass is 347 g/mol. The van der Waals surface area contributed by atoms with E-state index in [9.17, 15) is 9.18 Å². The minimum absolute atomic E-state index is 0.0430. The first-order chi connectivity index (χ1) is 12.7.